The van der Waals surface area contributed by atoms with Crippen molar-refractivity contribution < 1.29 is 4.79 Å². The van der Waals surface area contributed by atoms with E-state index < -0.39 is 0 Å². The summed E-state index contributed by atoms with van der Waals surface area (Å²) in [7, 11) is 2.11. The summed E-state index contributed by atoms with van der Waals surface area (Å²) >= 11 is 5.87. The number of amides is 1. The summed E-state index contributed by atoms with van der Waals surface area (Å²) in [6.45, 7) is 3.11. The molecule has 0 radical (unpaired) electrons. The van der Waals surface area contributed by atoms with Gasteiger partial charge in [-0.1, -0.05) is 30.2 Å². The fourth-order valence-electron chi connectivity index (χ4n) is 2.75. The molecule has 4 heteroatoms. The van der Waals surface area contributed by atoms with Crippen molar-refractivity contribution in [2.75, 3.05) is 13.6 Å². The van der Waals surface area contributed by atoms with Gasteiger partial charge in [-0.3, -0.25) is 4.79 Å². The Bertz CT molecular complexity index is 446. The molecule has 110 valence electrons. The number of benzene rings is 1. The van der Waals surface area contributed by atoms with E-state index in [1.165, 1.54) is 12.8 Å². The topological polar surface area (TPSA) is 32.3 Å². The van der Waals surface area contributed by atoms with E-state index in [1.54, 1.807) is 0 Å². The number of carbonyl (C=O) groups excluding carboxylic acids is 1. The first kappa shape index (κ1) is 15.3. The second-order valence-electron chi connectivity index (χ2n) is 5.68. The van der Waals surface area contributed by atoms with E-state index in [9.17, 15) is 4.79 Å². The summed E-state index contributed by atoms with van der Waals surface area (Å²) in [6.07, 6.45) is 4.19. The lowest BCUT2D eigenvalue weighted by molar-refractivity contribution is -0.123. The summed E-state index contributed by atoms with van der Waals surface area (Å²) in [5, 5.41) is 3.79. The van der Waals surface area contributed by atoms with Gasteiger partial charge in [0.2, 0.25) is 5.91 Å². The first-order chi connectivity index (χ1) is 9.56. The molecule has 0 saturated carbocycles. The van der Waals surface area contributed by atoms with E-state index in [2.05, 4.69) is 17.3 Å². The second-order valence-corrected chi connectivity index (χ2v) is 6.11. The Hall–Kier alpha value is -1.06. The van der Waals surface area contributed by atoms with Crippen molar-refractivity contribution in [3.8, 4) is 0 Å². The van der Waals surface area contributed by atoms with Crippen LogP contribution in [0, 0.1) is 0 Å². The van der Waals surface area contributed by atoms with Crippen LogP contribution in [0.5, 0.6) is 0 Å². The maximum absolute atomic E-state index is 12.1. The van der Waals surface area contributed by atoms with Crippen molar-refractivity contribution in [3.63, 3.8) is 0 Å². The second kappa shape index (κ2) is 7.09. The summed E-state index contributed by atoms with van der Waals surface area (Å²) < 4.78 is 0. The van der Waals surface area contributed by atoms with Crippen LogP contribution in [0.15, 0.2) is 24.3 Å². The standard InChI is InChI=1S/C16H23ClN2O/c1-12(13-6-8-14(17)9-7-13)18-16(20)11-15-5-3-4-10-19(15)2/h6-9,12,15H,3-5,10-11H2,1-2H3,(H,18,20). The van der Waals surface area contributed by atoms with Gasteiger partial charge >= 0.3 is 0 Å². The fourth-order valence-corrected chi connectivity index (χ4v) is 2.88. The van der Waals surface area contributed by atoms with Crippen LogP contribution in [-0.2, 0) is 4.79 Å². The number of hydrogen-bond acceptors (Lipinski definition) is 2. The highest BCUT2D eigenvalue weighted by molar-refractivity contribution is 6.30. The molecule has 1 amide bonds. The molecule has 2 rings (SSSR count). The molecular weight excluding hydrogens is 272 g/mol. The van der Waals surface area contributed by atoms with Crippen molar-refractivity contribution >= 4 is 17.5 Å². The van der Waals surface area contributed by atoms with Gasteiger partial charge in [0.1, 0.15) is 0 Å². The van der Waals surface area contributed by atoms with Crippen LogP contribution >= 0.6 is 11.6 Å². The molecule has 1 aromatic carbocycles. The third-order valence-corrected chi connectivity index (χ3v) is 4.34. The Morgan fingerprint density at radius 1 is 1.40 bits per heavy atom. The van der Waals surface area contributed by atoms with E-state index in [4.69, 9.17) is 11.6 Å². The van der Waals surface area contributed by atoms with E-state index in [0.717, 1.165) is 23.6 Å². The molecule has 1 aliphatic heterocycles. The SMILES string of the molecule is CC(NC(=O)CC1CCCCN1C)c1ccc(Cl)cc1. The number of halogens is 1. The van der Waals surface area contributed by atoms with Gasteiger partial charge in [-0.15, -0.1) is 0 Å². The summed E-state index contributed by atoms with van der Waals surface area (Å²) in [5.41, 5.74) is 1.08. The van der Waals surface area contributed by atoms with Gasteiger partial charge in [-0.2, -0.15) is 0 Å². The monoisotopic (exact) mass is 294 g/mol. The van der Waals surface area contributed by atoms with E-state index in [1.807, 2.05) is 31.2 Å². The minimum atomic E-state index is 0.0219. The zero-order valence-corrected chi connectivity index (χ0v) is 13.0. The minimum Gasteiger partial charge on any atom is -0.350 e. The number of nitrogens with one attached hydrogen (secondary N) is 1. The molecule has 0 aromatic heterocycles. The van der Waals surface area contributed by atoms with E-state index in [0.29, 0.717) is 12.5 Å². The molecule has 0 aliphatic carbocycles. The number of carbonyl (C=O) groups is 1. The molecule has 1 heterocycles. The molecule has 1 N–H and O–H groups in total. The van der Waals surface area contributed by atoms with E-state index >= 15 is 0 Å². The fraction of sp³-hybridized carbons (Fsp3) is 0.562. The Morgan fingerprint density at radius 3 is 2.75 bits per heavy atom. The van der Waals surface area contributed by atoms with Crippen LogP contribution in [0.1, 0.15) is 44.2 Å². The third kappa shape index (κ3) is 4.22. The van der Waals surface area contributed by atoms with Gasteiger partial charge in [0.15, 0.2) is 0 Å². The number of rotatable bonds is 4. The van der Waals surface area contributed by atoms with Gasteiger partial charge in [0, 0.05) is 17.5 Å². The van der Waals surface area contributed by atoms with Crippen LogP contribution in [0.25, 0.3) is 0 Å². The average molecular weight is 295 g/mol. The molecule has 1 aliphatic rings. The molecule has 3 nitrogen and oxygen atoms in total. The lowest BCUT2D eigenvalue weighted by atomic mass is 9.99. The average Bonchev–Trinajstić information content (AvgIpc) is 2.42. The third-order valence-electron chi connectivity index (χ3n) is 4.09. The van der Waals surface area contributed by atoms with Crippen LogP contribution < -0.4 is 5.32 Å². The van der Waals surface area contributed by atoms with Crippen LogP contribution in [0.2, 0.25) is 5.02 Å². The number of piperidine rings is 1. The van der Waals surface area contributed by atoms with Crippen LogP contribution in [-0.4, -0.2) is 30.4 Å². The van der Waals surface area contributed by atoms with Gasteiger partial charge in [-0.25, -0.2) is 0 Å². The maximum Gasteiger partial charge on any atom is 0.222 e. The summed E-state index contributed by atoms with van der Waals surface area (Å²) in [5.74, 6) is 0.131. The Labute approximate surface area is 126 Å². The molecule has 2 unspecified atom stereocenters. The molecule has 1 aromatic rings. The quantitative estimate of drug-likeness (QED) is 0.923. The first-order valence-corrected chi connectivity index (χ1v) is 7.69. The molecule has 0 spiro atoms. The van der Waals surface area contributed by atoms with Gasteiger partial charge in [0.05, 0.1) is 6.04 Å². The number of hydrogen-bond donors (Lipinski definition) is 1. The van der Waals surface area contributed by atoms with Crippen molar-refractivity contribution in [3.05, 3.63) is 34.9 Å². The van der Waals surface area contributed by atoms with Gasteiger partial charge < -0.3 is 10.2 Å². The molecular formula is C16H23ClN2O. The molecule has 20 heavy (non-hydrogen) atoms. The largest absolute Gasteiger partial charge is 0.350 e. The van der Waals surface area contributed by atoms with Gasteiger partial charge in [-0.05, 0) is 51.1 Å². The highest BCUT2D eigenvalue weighted by atomic mass is 35.5. The summed E-state index contributed by atoms with van der Waals surface area (Å²) in [4.78, 5) is 14.4. The van der Waals surface area contributed by atoms with Gasteiger partial charge in [0.25, 0.3) is 0 Å². The Morgan fingerprint density at radius 2 is 2.10 bits per heavy atom. The summed E-state index contributed by atoms with van der Waals surface area (Å²) in [6, 6.07) is 8.04. The predicted molar refractivity (Wildman–Crippen MR) is 82.9 cm³/mol. The molecule has 0 bridgehead atoms. The van der Waals surface area contributed by atoms with Crippen molar-refractivity contribution in [1.82, 2.24) is 10.2 Å². The normalized spacial score (nSPS) is 21.4. The zero-order valence-electron chi connectivity index (χ0n) is 12.2. The van der Waals surface area contributed by atoms with E-state index in [-0.39, 0.29) is 11.9 Å². The van der Waals surface area contributed by atoms with Crippen LogP contribution in [0.3, 0.4) is 0 Å². The Kier molecular flexibility index (Phi) is 5.44. The zero-order chi connectivity index (χ0) is 14.5. The lowest BCUT2D eigenvalue weighted by Crippen LogP contribution is -2.40. The number of nitrogens with zero attached hydrogens (tertiary/aromatic N) is 1. The minimum absolute atomic E-state index is 0.0219. The maximum atomic E-state index is 12.1. The molecule has 2 atom stereocenters. The highest BCUT2D eigenvalue weighted by Crippen LogP contribution is 2.19. The Balaban J connectivity index is 1.85. The highest BCUT2D eigenvalue weighted by Gasteiger charge is 2.22. The van der Waals surface area contributed by atoms with Crippen molar-refractivity contribution in [2.45, 2.75) is 44.7 Å². The first-order valence-electron chi connectivity index (χ1n) is 7.31. The predicted octanol–water partition coefficient (Wildman–Crippen LogP) is 3.39. The number of likely N-dealkylation sites (tertiary alicyclic amines) is 1. The van der Waals surface area contributed by atoms with Crippen molar-refractivity contribution in [1.29, 1.82) is 0 Å². The lowest BCUT2D eigenvalue weighted by Gasteiger charge is -2.32. The van der Waals surface area contributed by atoms with Crippen LogP contribution in [0.4, 0.5) is 0 Å². The van der Waals surface area contributed by atoms with Crippen molar-refractivity contribution in [2.24, 2.45) is 0 Å². The molecule has 1 saturated heterocycles. The molecule has 1 fully saturated rings. The smallest absolute Gasteiger partial charge is 0.222 e.